The average Bonchev–Trinajstić information content (AvgIpc) is 2.70. The van der Waals surface area contributed by atoms with Crippen LogP contribution in [0.2, 0.25) is 0 Å². The van der Waals surface area contributed by atoms with Gasteiger partial charge in [-0.2, -0.15) is 0 Å². The fourth-order valence-electron chi connectivity index (χ4n) is 3.81. The van der Waals surface area contributed by atoms with Crippen LogP contribution < -0.4 is 15.5 Å². The molecule has 0 aliphatic carbocycles. The van der Waals surface area contributed by atoms with Gasteiger partial charge < -0.3 is 20.1 Å². The monoisotopic (exact) mass is 447 g/mol. The number of hydroxylamine groups is 1. The number of ether oxygens (including phenoxy) is 1. The molecule has 1 aliphatic rings. The second-order valence-corrected chi connectivity index (χ2v) is 8.17. The van der Waals surface area contributed by atoms with Gasteiger partial charge in [0.2, 0.25) is 5.91 Å². The number of benzene rings is 1. The Morgan fingerprint density at radius 1 is 1.29 bits per heavy atom. The predicted molar refractivity (Wildman–Crippen MR) is 104 cm³/mol. The number of nitrogens with one attached hydrogen (secondary N) is 2. The first-order valence-corrected chi connectivity index (χ1v) is 9.89. The van der Waals surface area contributed by atoms with Gasteiger partial charge in [-0.1, -0.05) is 26.0 Å². The van der Waals surface area contributed by atoms with Crippen molar-refractivity contribution in [1.82, 2.24) is 15.7 Å². The van der Waals surface area contributed by atoms with Crippen LogP contribution in [0.1, 0.15) is 32.8 Å². The predicted octanol–water partition coefficient (Wildman–Crippen LogP) is 1.76. The summed E-state index contributed by atoms with van der Waals surface area (Å²) in [5, 5.41) is 22.4. The van der Waals surface area contributed by atoms with E-state index in [0.29, 0.717) is 18.7 Å². The Bertz CT molecular complexity index is 772. The van der Waals surface area contributed by atoms with Gasteiger partial charge in [-0.25, -0.2) is 5.48 Å². The number of amides is 2. The lowest BCUT2D eigenvalue weighted by atomic mass is 9.84. The lowest BCUT2D eigenvalue weighted by Crippen LogP contribution is -2.62. The van der Waals surface area contributed by atoms with Gasteiger partial charge in [-0.15, -0.1) is 13.2 Å². The highest BCUT2D eigenvalue weighted by atomic mass is 19.4. The van der Waals surface area contributed by atoms with Crippen molar-refractivity contribution in [2.24, 2.45) is 11.8 Å². The van der Waals surface area contributed by atoms with Crippen molar-refractivity contribution in [3.8, 4) is 5.75 Å². The molecule has 1 aliphatic heterocycles. The van der Waals surface area contributed by atoms with E-state index in [4.69, 9.17) is 5.21 Å². The molecular weight excluding hydrogens is 419 g/mol. The maximum absolute atomic E-state index is 13.4. The molecule has 31 heavy (non-hydrogen) atoms. The molecule has 1 aromatic rings. The SMILES string of the molecule is CC(C)C[C@H](C(=O)N1CCNC[C@@]1(C)c1ccc(OC(F)(F)F)cc1)[C@H](O)C(=O)NO. The summed E-state index contributed by atoms with van der Waals surface area (Å²) in [6, 6.07) is 5.24. The molecule has 2 amide bonds. The van der Waals surface area contributed by atoms with Crippen molar-refractivity contribution in [3.05, 3.63) is 29.8 Å². The van der Waals surface area contributed by atoms with E-state index < -0.39 is 35.7 Å². The second kappa shape index (κ2) is 9.84. The van der Waals surface area contributed by atoms with E-state index in [1.54, 1.807) is 6.92 Å². The Morgan fingerprint density at radius 2 is 1.90 bits per heavy atom. The fraction of sp³-hybridized carbons (Fsp3) is 0.600. The fourth-order valence-corrected chi connectivity index (χ4v) is 3.81. The van der Waals surface area contributed by atoms with Crippen LogP contribution in [-0.4, -0.2) is 59.1 Å². The minimum absolute atomic E-state index is 0.0249. The summed E-state index contributed by atoms with van der Waals surface area (Å²) >= 11 is 0. The van der Waals surface area contributed by atoms with Gasteiger partial charge in [0.15, 0.2) is 0 Å². The molecule has 3 atom stereocenters. The van der Waals surface area contributed by atoms with E-state index >= 15 is 0 Å². The van der Waals surface area contributed by atoms with Crippen molar-refractivity contribution in [3.63, 3.8) is 0 Å². The molecule has 2 rings (SSSR count). The van der Waals surface area contributed by atoms with Crippen molar-refractivity contribution in [1.29, 1.82) is 0 Å². The Kier molecular flexibility index (Phi) is 7.90. The normalized spacial score (nSPS) is 21.5. The van der Waals surface area contributed by atoms with Gasteiger partial charge in [-0.3, -0.25) is 14.8 Å². The molecule has 0 saturated carbocycles. The number of hydrogen-bond acceptors (Lipinski definition) is 6. The van der Waals surface area contributed by atoms with E-state index in [0.717, 1.165) is 0 Å². The van der Waals surface area contributed by atoms with Crippen molar-refractivity contribution in [2.45, 2.75) is 45.2 Å². The Morgan fingerprint density at radius 3 is 2.42 bits per heavy atom. The highest BCUT2D eigenvalue weighted by Gasteiger charge is 2.44. The van der Waals surface area contributed by atoms with Crippen LogP contribution in [0.4, 0.5) is 13.2 Å². The highest BCUT2D eigenvalue weighted by molar-refractivity contribution is 5.89. The number of alkyl halides is 3. The standard InChI is InChI=1S/C20H28F3N3O5/c1-12(2)10-15(16(27)17(28)25-30)18(29)26-9-8-24-11-19(26,3)13-4-6-14(7-5-13)31-20(21,22)23/h4-7,12,15-16,24,27,30H,8-11H2,1-3H3,(H,25,28)/t15-,16-,19-/m0/s1. The van der Waals surface area contributed by atoms with Crippen molar-refractivity contribution >= 4 is 11.8 Å². The Labute approximate surface area is 178 Å². The molecule has 0 unspecified atom stereocenters. The lowest BCUT2D eigenvalue weighted by molar-refractivity contribution is -0.274. The average molecular weight is 447 g/mol. The molecular formula is C20H28F3N3O5. The number of nitrogens with zero attached hydrogens (tertiary/aromatic N) is 1. The quantitative estimate of drug-likeness (QED) is 0.375. The summed E-state index contributed by atoms with van der Waals surface area (Å²) in [7, 11) is 0. The zero-order valence-electron chi connectivity index (χ0n) is 17.6. The van der Waals surface area contributed by atoms with Crippen molar-refractivity contribution in [2.75, 3.05) is 19.6 Å². The minimum Gasteiger partial charge on any atom is -0.406 e. The van der Waals surface area contributed by atoms with Crippen LogP contribution in [0.5, 0.6) is 5.75 Å². The third-order valence-corrected chi connectivity index (χ3v) is 5.36. The van der Waals surface area contributed by atoms with Gasteiger partial charge in [0.05, 0.1) is 11.5 Å². The van der Waals surface area contributed by atoms with Crippen LogP contribution in [0.3, 0.4) is 0 Å². The molecule has 1 aromatic carbocycles. The number of aliphatic hydroxyl groups is 1. The maximum atomic E-state index is 13.4. The number of carbonyl (C=O) groups is 2. The first kappa shape index (κ1) is 24.9. The number of hydrogen-bond donors (Lipinski definition) is 4. The van der Waals surface area contributed by atoms with E-state index in [1.165, 1.54) is 34.6 Å². The summed E-state index contributed by atoms with van der Waals surface area (Å²) in [5.41, 5.74) is 0.990. The summed E-state index contributed by atoms with van der Waals surface area (Å²) in [4.78, 5) is 26.8. The van der Waals surface area contributed by atoms with Crippen LogP contribution in [-0.2, 0) is 15.1 Å². The second-order valence-electron chi connectivity index (χ2n) is 8.17. The first-order chi connectivity index (χ1) is 14.4. The van der Waals surface area contributed by atoms with Gasteiger partial charge in [0.1, 0.15) is 11.9 Å². The number of piperazine rings is 1. The van der Waals surface area contributed by atoms with Gasteiger partial charge in [0.25, 0.3) is 5.91 Å². The number of rotatable bonds is 7. The number of aliphatic hydroxyl groups excluding tert-OH is 1. The van der Waals surface area contributed by atoms with E-state index in [9.17, 15) is 27.9 Å². The Hall–Kier alpha value is -2.37. The Balaban J connectivity index is 2.35. The summed E-state index contributed by atoms with van der Waals surface area (Å²) < 4.78 is 41.2. The maximum Gasteiger partial charge on any atom is 0.573 e. The highest BCUT2D eigenvalue weighted by Crippen LogP contribution is 2.34. The topological polar surface area (TPSA) is 111 Å². The summed E-state index contributed by atoms with van der Waals surface area (Å²) in [6.45, 7) is 6.46. The first-order valence-electron chi connectivity index (χ1n) is 9.89. The molecule has 0 aromatic heterocycles. The van der Waals surface area contributed by atoms with Crippen LogP contribution in [0.25, 0.3) is 0 Å². The smallest absolute Gasteiger partial charge is 0.406 e. The van der Waals surface area contributed by atoms with Gasteiger partial charge in [0, 0.05) is 19.6 Å². The molecule has 8 nitrogen and oxygen atoms in total. The van der Waals surface area contributed by atoms with Crippen LogP contribution in [0, 0.1) is 11.8 Å². The van der Waals surface area contributed by atoms with Crippen molar-refractivity contribution < 1.29 is 37.8 Å². The number of halogens is 3. The molecule has 0 bridgehead atoms. The van der Waals surface area contributed by atoms with Crippen LogP contribution >= 0.6 is 0 Å². The third-order valence-electron chi connectivity index (χ3n) is 5.36. The molecule has 0 radical (unpaired) electrons. The molecule has 1 heterocycles. The van der Waals surface area contributed by atoms with E-state index in [1.807, 2.05) is 13.8 Å². The molecule has 1 saturated heterocycles. The molecule has 174 valence electrons. The molecule has 1 fully saturated rings. The van der Waals surface area contributed by atoms with E-state index in [-0.39, 0.29) is 24.6 Å². The molecule has 11 heteroatoms. The minimum atomic E-state index is -4.81. The summed E-state index contributed by atoms with van der Waals surface area (Å²) in [5.74, 6) is -3.07. The summed E-state index contributed by atoms with van der Waals surface area (Å²) in [6.07, 6.45) is -6.36. The van der Waals surface area contributed by atoms with Gasteiger partial charge in [-0.05, 0) is 37.0 Å². The van der Waals surface area contributed by atoms with E-state index in [2.05, 4.69) is 10.1 Å². The number of carbonyl (C=O) groups excluding carboxylic acids is 2. The van der Waals surface area contributed by atoms with Gasteiger partial charge >= 0.3 is 6.36 Å². The van der Waals surface area contributed by atoms with Crippen LogP contribution in [0.15, 0.2) is 24.3 Å². The molecule has 0 spiro atoms. The lowest BCUT2D eigenvalue weighted by Gasteiger charge is -2.47. The third kappa shape index (κ3) is 6.08. The molecule has 4 N–H and O–H groups in total. The largest absolute Gasteiger partial charge is 0.573 e. The zero-order valence-corrected chi connectivity index (χ0v) is 17.6. The zero-order chi connectivity index (χ0) is 23.4.